The molecule has 0 aliphatic carbocycles. The number of carbonyl (C=O) groups excluding carboxylic acids is 1. The van der Waals surface area contributed by atoms with Gasteiger partial charge in [-0.2, -0.15) is 0 Å². The molecule has 2 saturated heterocycles. The molecule has 32 heavy (non-hydrogen) atoms. The molecule has 168 valence electrons. The van der Waals surface area contributed by atoms with E-state index in [1.807, 2.05) is 0 Å². The summed E-state index contributed by atoms with van der Waals surface area (Å²) in [5, 5.41) is 3.38. The van der Waals surface area contributed by atoms with Crippen LogP contribution >= 0.6 is 0 Å². The highest BCUT2D eigenvalue weighted by molar-refractivity contribution is 5.70. The van der Waals surface area contributed by atoms with E-state index in [4.69, 9.17) is 4.74 Å². The van der Waals surface area contributed by atoms with Gasteiger partial charge in [-0.05, 0) is 55.2 Å². The van der Waals surface area contributed by atoms with Crippen molar-refractivity contribution in [2.24, 2.45) is 0 Å². The van der Waals surface area contributed by atoms with Crippen molar-refractivity contribution in [1.29, 1.82) is 0 Å². The Morgan fingerprint density at radius 3 is 2.53 bits per heavy atom. The summed E-state index contributed by atoms with van der Waals surface area (Å²) in [6, 6.07) is 9.74. The number of nitrogens with one attached hydrogen (secondary N) is 1. The number of cyclic esters (lactones) is 1. The first kappa shape index (κ1) is 20.6. The second kappa shape index (κ2) is 8.66. The largest absolute Gasteiger partial charge is 0.447 e. The van der Waals surface area contributed by atoms with E-state index in [9.17, 15) is 9.18 Å². The molecule has 2 aromatic carbocycles. The predicted octanol–water partition coefficient (Wildman–Crippen LogP) is 4.04. The van der Waals surface area contributed by atoms with Crippen molar-refractivity contribution in [3.05, 3.63) is 60.4 Å². The minimum atomic E-state index is -0.451. The molecule has 0 aromatic heterocycles. The summed E-state index contributed by atoms with van der Waals surface area (Å²) in [7, 11) is 0. The van der Waals surface area contributed by atoms with Crippen molar-refractivity contribution in [3.8, 4) is 11.1 Å². The van der Waals surface area contributed by atoms with Gasteiger partial charge in [0.2, 0.25) is 0 Å². The average molecular weight is 441 g/mol. The van der Waals surface area contributed by atoms with Gasteiger partial charge in [-0.1, -0.05) is 6.07 Å². The third-order valence-electron chi connectivity index (χ3n) is 6.02. The quantitative estimate of drug-likeness (QED) is 0.756. The van der Waals surface area contributed by atoms with Gasteiger partial charge in [-0.15, -0.1) is 5.12 Å². The van der Waals surface area contributed by atoms with Crippen LogP contribution in [-0.2, 0) is 4.74 Å². The van der Waals surface area contributed by atoms with Gasteiger partial charge in [0.25, 0.3) is 0 Å². The molecule has 0 atom stereocenters. The van der Waals surface area contributed by atoms with Crippen LogP contribution in [0.4, 0.5) is 25.0 Å². The maximum absolute atomic E-state index is 15.1. The van der Waals surface area contributed by atoms with E-state index in [1.54, 1.807) is 51.7 Å². The summed E-state index contributed by atoms with van der Waals surface area (Å²) in [6.45, 7) is 2.80. The molecule has 0 unspecified atom stereocenters. The molecule has 0 radical (unpaired) electrons. The van der Waals surface area contributed by atoms with Gasteiger partial charge in [-0.25, -0.2) is 13.6 Å². The van der Waals surface area contributed by atoms with Gasteiger partial charge in [0.15, 0.2) is 0 Å². The fourth-order valence-corrected chi connectivity index (χ4v) is 4.33. The molecule has 5 rings (SSSR count). The van der Waals surface area contributed by atoms with E-state index < -0.39 is 5.82 Å². The lowest BCUT2D eigenvalue weighted by Crippen LogP contribution is -2.49. The fourth-order valence-electron chi connectivity index (χ4n) is 4.33. The number of carbonyl (C=O) groups is 1. The highest BCUT2D eigenvalue weighted by Gasteiger charge is 2.28. The van der Waals surface area contributed by atoms with E-state index in [1.165, 1.54) is 18.6 Å². The molecule has 3 aliphatic rings. The van der Waals surface area contributed by atoms with Crippen molar-refractivity contribution < 1.29 is 18.3 Å². The molecule has 2 fully saturated rings. The lowest BCUT2D eigenvalue weighted by molar-refractivity contribution is 0.119. The molecule has 0 saturated carbocycles. The zero-order chi connectivity index (χ0) is 22.1. The molecular weight excluding hydrogens is 416 g/mol. The number of rotatable bonds is 5. The van der Waals surface area contributed by atoms with Gasteiger partial charge >= 0.3 is 6.09 Å². The van der Waals surface area contributed by atoms with Crippen LogP contribution in [0, 0.1) is 11.6 Å². The van der Waals surface area contributed by atoms with Gasteiger partial charge in [0.05, 0.1) is 17.9 Å². The molecule has 2 aromatic rings. The molecule has 0 spiro atoms. The Bertz CT molecular complexity index is 1040. The van der Waals surface area contributed by atoms with Crippen molar-refractivity contribution in [3.63, 3.8) is 0 Å². The Balaban J connectivity index is 1.34. The second-order valence-electron chi connectivity index (χ2n) is 8.09. The van der Waals surface area contributed by atoms with Crippen molar-refractivity contribution in [2.45, 2.75) is 19.3 Å². The van der Waals surface area contributed by atoms with Crippen LogP contribution in [0.3, 0.4) is 0 Å². The maximum atomic E-state index is 15.1. The zero-order valence-electron chi connectivity index (χ0n) is 17.6. The standard InChI is InChI=1S/C23H25F2N5O2/c24-20-15-18(29-11-8-26-30(29)16-28-12-13-32-23(28)31)5-6-19(20)17-4-7-22(21(25)14-17)27-9-2-1-3-10-27/h4-8,11,14-15,26H,1-3,9-10,12-13,16H2. The molecule has 0 bridgehead atoms. The van der Waals surface area contributed by atoms with Crippen LogP contribution in [0.1, 0.15) is 19.3 Å². The van der Waals surface area contributed by atoms with E-state index in [0.717, 1.165) is 25.9 Å². The molecule has 1 amide bonds. The van der Waals surface area contributed by atoms with Gasteiger partial charge in [-0.3, -0.25) is 9.91 Å². The van der Waals surface area contributed by atoms with Crippen LogP contribution in [-0.4, -0.2) is 49.0 Å². The number of ether oxygens (including phenoxy) is 1. The van der Waals surface area contributed by atoms with E-state index in [-0.39, 0.29) is 18.6 Å². The Kier molecular flexibility index (Phi) is 5.57. The van der Waals surface area contributed by atoms with E-state index in [0.29, 0.717) is 35.7 Å². The van der Waals surface area contributed by atoms with Crippen LogP contribution in [0.15, 0.2) is 48.8 Å². The third-order valence-corrected chi connectivity index (χ3v) is 6.02. The highest BCUT2D eigenvalue weighted by Crippen LogP contribution is 2.32. The van der Waals surface area contributed by atoms with E-state index in [2.05, 4.69) is 10.3 Å². The van der Waals surface area contributed by atoms with Crippen molar-refractivity contribution in [1.82, 2.24) is 15.4 Å². The summed E-state index contributed by atoms with van der Waals surface area (Å²) >= 11 is 0. The Hall–Kier alpha value is -3.33. The van der Waals surface area contributed by atoms with Crippen molar-refractivity contribution in [2.75, 3.05) is 42.8 Å². The van der Waals surface area contributed by atoms with Gasteiger partial charge in [0.1, 0.15) is 24.9 Å². The first-order chi connectivity index (χ1) is 15.6. The van der Waals surface area contributed by atoms with Gasteiger partial charge in [0, 0.05) is 31.1 Å². The Labute approximate surface area is 185 Å². The predicted molar refractivity (Wildman–Crippen MR) is 117 cm³/mol. The number of hydrogen-bond acceptors (Lipinski definition) is 6. The minimum absolute atomic E-state index is 0.248. The Morgan fingerprint density at radius 1 is 0.969 bits per heavy atom. The molecule has 9 heteroatoms. The summed E-state index contributed by atoms with van der Waals surface area (Å²) in [5.74, 6) is -0.781. The number of nitrogens with zero attached hydrogens (tertiary/aromatic N) is 4. The molecule has 7 nitrogen and oxygen atoms in total. The van der Waals surface area contributed by atoms with Crippen LogP contribution in [0.25, 0.3) is 11.1 Å². The lowest BCUT2D eigenvalue weighted by atomic mass is 10.0. The third kappa shape index (κ3) is 3.95. The maximum Gasteiger partial charge on any atom is 0.411 e. The topological polar surface area (TPSA) is 51.3 Å². The van der Waals surface area contributed by atoms with E-state index >= 15 is 4.39 Å². The number of hydrazine groups is 2. The second-order valence-corrected chi connectivity index (χ2v) is 8.09. The zero-order valence-corrected chi connectivity index (χ0v) is 17.6. The number of benzene rings is 2. The highest BCUT2D eigenvalue weighted by atomic mass is 19.1. The van der Waals surface area contributed by atoms with Gasteiger partial charge < -0.3 is 15.1 Å². The first-order valence-corrected chi connectivity index (χ1v) is 10.9. The minimum Gasteiger partial charge on any atom is -0.447 e. The number of piperidine rings is 1. The molecular formula is C23H25F2N5O2. The summed E-state index contributed by atoms with van der Waals surface area (Å²) in [6.07, 6.45) is 6.36. The normalized spacial score (nSPS) is 18.9. The van der Waals surface area contributed by atoms with Crippen LogP contribution in [0.2, 0.25) is 0 Å². The summed E-state index contributed by atoms with van der Waals surface area (Å²) in [4.78, 5) is 15.3. The summed E-state index contributed by atoms with van der Waals surface area (Å²) < 4.78 is 34.8. The molecule has 3 heterocycles. The molecule has 1 N–H and O–H groups in total. The average Bonchev–Trinajstić information content (AvgIpc) is 3.43. The number of anilines is 2. The monoisotopic (exact) mass is 441 g/mol. The first-order valence-electron chi connectivity index (χ1n) is 10.9. The van der Waals surface area contributed by atoms with Crippen molar-refractivity contribution >= 4 is 17.5 Å². The smallest absolute Gasteiger partial charge is 0.411 e. The number of halogens is 2. The Morgan fingerprint density at radius 2 is 1.81 bits per heavy atom. The number of amides is 1. The lowest BCUT2D eigenvalue weighted by Gasteiger charge is -2.31. The summed E-state index contributed by atoms with van der Waals surface area (Å²) in [5.41, 5.74) is 5.00. The number of hydrogen-bond donors (Lipinski definition) is 1. The van der Waals surface area contributed by atoms with Crippen LogP contribution in [0.5, 0.6) is 0 Å². The molecule has 3 aliphatic heterocycles. The van der Waals surface area contributed by atoms with Crippen LogP contribution < -0.4 is 15.3 Å². The SMILES string of the molecule is O=C1OCCN1CN1NC=CN1c1ccc(-c2ccc(N3CCCCC3)c(F)c2)c(F)c1. The fraction of sp³-hybridized carbons (Fsp3) is 0.348.